The monoisotopic (exact) mass is 676 g/mol. The van der Waals surface area contributed by atoms with Gasteiger partial charge in [-0.15, -0.1) is 15.3 Å². The van der Waals surface area contributed by atoms with Crippen LogP contribution in [-0.2, 0) is 24.7 Å². The summed E-state index contributed by atoms with van der Waals surface area (Å²) < 4.78 is 60.7. The molecular weight excluding hydrogens is 645 g/mol. The maximum atomic E-state index is 11.9. The summed E-state index contributed by atoms with van der Waals surface area (Å²) in [7, 11) is -6.18. The van der Waals surface area contributed by atoms with Crippen molar-refractivity contribution in [2.75, 3.05) is 43.2 Å². The number of anilines is 2. The van der Waals surface area contributed by atoms with Crippen molar-refractivity contribution in [2.45, 2.75) is 18.2 Å². The van der Waals surface area contributed by atoms with Crippen LogP contribution in [0.15, 0.2) is 98.0 Å². The molecule has 244 valence electrons. The second kappa shape index (κ2) is 15.5. The number of methoxy groups -OCH3 is 1. The van der Waals surface area contributed by atoms with Gasteiger partial charge in [-0.05, 0) is 49.7 Å². The topological polar surface area (TPSA) is 208 Å². The number of azo groups is 2. The minimum atomic E-state index is -4.32. The van der Waals surface area contributed by atoms with Crippen LogP contribution in [0.4, 0.5) is 34.4 Å². The number of nitrogens with zero attached hydrogens (tertiary/aromatic N) is 6. The first-order valence-electron chi connectivity index (χ1n) is 14.2. The van der Waals surface area contributed by atoms with Gasteiger partial charge in [0.25, 0.3) is 10.1 Å². The number of hydrogen-bond acceptors (Lipinski definition) is 13. The second-order valence-corrected chi connectivity index (χ2v) is 13.5. The normalized spacial score (nSPS) is 12.0. The van der Waals surface area contributed by atoms with Crippen LogP contribution in [0.2, 0.25) is 0 Å². The van der Waals surface area contributed by atoms with E-state index in [0.29, 0.717) is 53.7 Å². The number of ether oxygens (including phenoxy) is 1. The van der Waals surface area contributed by atoms with Crippen molar-refractivity contribution in [1.29, 1.82) is 5.26 Å². The number of pyridine rings is 1. The van der Waals surface area contributed by atoms with E-state index >= 15 is 0 Å². The molecule has 4 aromatic rings. The van der Waals surface area contributed by atoms with E-state index in [1.165, 1.54) is 24.3 Å². The third-order valence-electron chi connectivity index (χ3n) is 6.82. The van der Waals surface area contributed by atoms with Gasteiger partial charge in [-0.3, -0.25) is 4.55 Å². The summed E-state index contributed by atoms with van der Waals surface area (Å²) in [5.74, 6) is 0.346. The lowest BCUT2D eigenvalue weighted by Crippen LogP contribution is -2.16. The van der Waals surface area contributed by atoms with E-state index in [0.717, 1.165) is 16.2 Å². The molecule has 4 rings (SSSR count). The Kier molecular flexibility index (Phi) is 11.5. The summed E-state index contributed by atoms with van der Waals surface area (Å²) in [5, 5.41) is 36.0. The summed E-state index contributed by atoms with van der Waals surface area (Å²) >= 11 is 0. The van der Waals surface area contributed by atoms with E-state index in [1.807, 2.05) is 24.3 Å². The number of benzene rings is 3. The zero-order valence-electron chi connectivity index (χ0n) is 25.6. The molecule has 1 aromatic heterocycles. The third kappa shape index (κ3) is 9.01. The summed E-state index contributed by atoms with van der Waals surface area (Å²) in [4.78, 5) is 4.33. The molecule has 3 N–H and O–H groups in total. The Bertz CT molecular complexity index is 2090. The average molecular weight is 677 g/mol. The fourth-order valence-electron chi connectivity index (χ4n) is 4.36. The van der Waals surface area contributed by atoms with Crippen molar-refractivity contribution in [3.05, 3.63) is 83.8 Å². The predicted octanol–water partition coefficient (Wildman–Crippen LogP) is 6.91. The van der Waals surface area contributed by atoms with Crippen LogP contribution in [-0.4, -0.2) is 58.9 Å². The first-order chi connectivity index (χ1) is 22.5. The molecule has 0 unspecified atom stereocenters. The largest absolute Gasteiger partial charge is 0.385 e. The summed E-state index contributed by atoms with van der Waals surface area (Å²) in [5.41, 5.74) is 2.44. The molecule has 0 bridgehead atoms. The smallest absolute Gasteiger partial charge is 0.294 e. The van der Waals surface area contributed by atoms with Gasteiger partial charge in [-0.2, -0.15) is 18.8 Å². The van der Waals surface area contributed by atoms with E-state index < -0.39 is 20.0 Å². The number of hydrogen-bond donors (Lipinski definition) is 3. The molecule has 0 aliphatic carbocycles. The number of nitriles is 1. The summed E-state index contributed by atoms with van der Waals surface area (Å²) in [6, 6.07) is 18.3. The van der Waals surface area contributed by atoms with E-state index in [9.17, 15) is 26.7 Å². The van der Waals surface area contributed by atoms with Crippen LogP contribution >= 0.6 is 0 Å². The van der Waals surface area contributed by atoms with Gasteiger partial charge in [0.2, 0.25) is 0 Å². The highest BCUT2D eigenvalue weighted by molar-refractivity contribution is 7.94. The van der Waals surface area contributed by atoms with Crippen LogP contribution in [0.5, 0.6) is 0 Å². The van der Waals surface area contributed by atoms with Crippen LogP contribution in [0.1, 0.15) is 17.5 Å². The number of rotatable bonds is 15. The fraction of sp³-hybridized carbons (Fsp3) is 0.226. The van der Waals surface area contributed by atoms with Gasteiger partial charge in [0.1, 0.15) is 17.6 Å². The molecule has 16 heteroatoms. The molecule has 0 saturated carbocycles. The first kappa shape index (κ1) is 34.8. The molecule has 0 aliphatic rings. The quantitative estimate of drug-likeness (QED) is 0.0673. The predicted molar refractivity (Wildman–Crippen MR) is 180 cm³/mol. The standard InChI is InChI=1S/C31H32N8O6S2/c1-4-46(40,41)19-17-34-30-26(20-32)21(2)29(31(35-30)33-16-7-18-45-3)39-38-28-15-14-27(24-8-5-6-9-25(24)28)37-36-22-10-12-23(13-11-22)47(42,43)44/h4-6,8-15H,1,7,16-19H2,2-3H3,(H2,33,34,35)(H,42,43,44). The fourth-order valence-corrected chi connectivity index (χ4v) is 5.40. The Balaban J connectivity index is 1.69. The number of sulfone groups is 1. The highest BCUT2D eigenvalue weighted by Crippen LogP contribution is 2.38. The van der Waals surface area contributed by atoms with Crippen LogP contribution in [0, 0.1) is 18.3 Å². The van der Waals surface area contributed by atoms with Gasteiger partial charge < -0.3 is 15.4 Å². The molecular formula is C31H32N8O6S2. The van der Waals surface area contributed by atoms with Gasteiger partial charge in [-0.1, -0.05) is 30.8 Å². The number of aromatic nitrogens is 1. The second-order valence-electron chi connectivity index (χ2n) is 10.0. The molecule has 0 atom stereocenters. The first-order valence-corrected chi connectivity index (χ1v) is 17.3. The number of nitrogens with one attached hydrogen (secondary N) is 2. The van der Waals surface area contributed by atoms with Crippen LogP contribution in [0.3, 0.4) is 0 Å². The molecule has 0 aliphatic heterocycles. The maximum Gasteiger partial charge on any atom is 0.294 e. The van der Waals surface area contributed by atoms with Gasteiger partial charge >= 0.3 is 0 Å². The molecule has 14 nitrogen and oxygen atoms in total. The minimum Gasteiger partial charge on any atom is -0.385 e. The Morgan fingerprint density at radius 3 is 2.11 bits per heavy atom. The molecule has 0 radical (unpaired) electrons. The molecule has 0 fully saturated rings. The van der Waals surface area contributed by atoms with Crippen molar-refractivity contribution < 1.29 is 26.1 Å². The zero-order valence-corrected chi connectivity index (χ0v) is 27.2. The van der Waals surface area contributed by atoms with Crippen molar-refractivity contribution in [3.8, 4) is 6.07 Å². The highest BCUT2D eigenvalue weighted by Gasteiger charge is 2.18. The molecule has 3 aromatic carbocycles. The van der Waals surface area contributed by atoms with Crippen molar-refractivity contribution in [2.24, 2.45) is 20.5 Å². The van der Waals surface area contributed by atoms with Crippen molar-refractivity contribution in [1.82, 2.24) is 4.98 Å². The molecule has 0 saturated heterocycles. The molecule has 1 heterocycles. The van der Waals surface area contributed by atoms with E-state index in [4.69, 9.17) is 4.74 Å². The average Bonchev–Trinajstić information content (AvgIpc) is 3.05. The van der Waals surface area contributed by atoms with E-state index in [2.05, 4.69) is 48.7 Å². The lowest BCUT2D eigenvalue weighted by atomic mass is 10.1. The van der Waals surface area contributed by atoms with Gasteiger partial charge in [0.15, 0.2) is 15.7 Å². The maximum absolute atomic E-state index is 11.9. The van der Waals surface area contributed by atoms with Gasteiger partial charge in [0.05, 0.1) is 33.3 Å². The Labute approximate surface area is 272 Å². The zero-order chi connectivity index (χ0) is 34.0. The minimum absolute atomic E-state index is 0.0189. The third-order valence-corrected chi connectivity index (χ3v) is 8.97. The van der Waals surface area contributed by atoms with Gasteiger partial charge in [-0.25, -0.2) is 13.4 Å². The van der Waals surface area contributed by atoms with E-state index in [-0.39, 0.29) is 28.6 Å². The van der Waals surface area contributed by atoms with Gasteiger partial charge in [0, 0.05) is 48.6 Å². The Morgan fingerprint density at radius 2 is 1.53 bits per heavy atom. The Morgan fingerprint density at radius 1 is 0.915 bits per heavy atom. The van der Waals surface area contributed by atoms with Crippen molar-refractivity contribution >= 4 is 65.1 Å². The summed E-state index contributed by atoms with van der Waals surface area (Å²) in [6.45, 7) is 6.05. The van der Waals surface area contributed by atoms with Crippen LogP contribution in [0.25, 0.3) is 10.8 Å². The lowest BCUT2D eigenvalue weighted by Gasteiger charge is -2.15. The lowest BCUT2D eigenvalue weighted by molar-refractivity contribution is 0.198. The summed E-state index contributed by atoms with van der Waals surface area (Å²) in [6.07, 6.45) is 0.666. The molecule has 47 heavy (non-hydrogen) atoms. The highest BCUT2D eigenvalue weighted by atomic mass is 32.2. The number of fused-ring (bicyclic) bond motifs is 1. The Hall–Kier alpha value is -5.08. The van der Waals surface area contributed by atoms with E-state index in [1.54, 1.807) is 26.2 Å². The molecule has 0 spiro atoms. The SMILES string of the molecule is C=CS(=O)(=O)CCNc1nc(NCCCOC)c(N=Nc2ccc(N=Nc3ccc(S(=O)(=O)O)cc3)c3ccccc23)c(C)c1C#N. The molecule has 0 amide bonds. The van der Waals surface area contributed by atoms with Crippen LogP contribution < -0.4 is 10.6 Å². The van der Waals surface area contributed by atoms with Crippen molar-refractivity contribution in [3.63, 3.8) is 0 Å².